The molecule has 0 spiro atoms. The number of esters is 2. The predicted molar refractivity (Wildman–Crippen MR) is 73.3 cm³/mol. The van der Waals surface area contributed by atoms with E-state index in [9.17, 15) is 19.0 Å². The lowest BCUT2D eigenvalue weighted by molar-refractivity contribution is -0.139. The number of carbonyl (C=O) groups excluding carboxylic acids is 2. The van der Waals surface area contributed by atoms with Crippen LogP contribution in [0.4, 0.5) is 0 Å². The number of phosphoric acid groups is 1. The van der Waals surface area contributed by atoms with Gasteiger partial charge in [-0.25, -0.2) is 14.2 Å². The largest absolute Gasteiger partial charge is 0.472 e. The van der Waals surface area contributed by atoms with Gasteiger partial charge in [0.2, 0.25) is 0 Å². The maximum atomic E-state index is 11.4. The average Bonchev–Trinajstić information content (AvgIpc) is 2.41. The van der Waals surface area contributed by atoms with Gasteiger partial charge in [-0.2, -0.15) is 0 Å². The van der Waals surface area contributed by atoms with E-state index in [1.165, 1.54) is 24.3 Å². The van der Waals surface area contributed by atoms with Crippen LogP contribution in [0.15, 0.2) is 24.3 Å². The highest BCUT2D eigenvalue weighted by Crippen LogP contribution is 2.42. The van der Waals surface area contributed by atoms with E-state index in [2.05, 4.69) is 18.5 Å². The summed E-state index contributed by atoms with van der Waals surface area (Å²) in [5.74, 6) is -1.16. The van der Waals surface area contributed by atoms with Crippen LogP contribution in [0.3, 0.4) is 0 Å². The zero-order chi connectivity index (χ0) is 16.1. The lowest BCUT2D eigenvalue weighted by Crippen LogP contribution is -2.11. The lowest BCUT2D eigenvalue weighted by Gasteiger charge is -2.11. The Bertz CT molecular complexity index is 393. The summed E-state index contributed by atoms with van der Waals surface area (Å²) >= 11 is 0. The molecular formula is C12H19O8P. The van der Waals surface area contributed by atoms with Gasteiger partial charge in [0.25, 0.3) is 0 Å². The van der Waals surface area contributed by atoms with E-state index in [0.717, 1.165) is 0 Å². The van der Waals surface area contributed by atoms with Crippen molar-refractivity contribution in [3.8, 4) is 0 Å². The van der Waals surface area contributed by atoms with E-state index >= 15 is 0 Å². The molecule has 0 rings (SSSR count). The highest BCUT2D eigenvalue weighted by Gasteiger charge is 2.20. The average molecular weight is 322 g/mol. The molecule has 0 saturated carbocycles. The molecule has 9 heteroatoms. The maximum absolute atomic E-state index is 11.4. The van der Waals surface area contributed by atoms with Crippen molar-refractivity contribution < 1.29 is 37.6 Å². The highest BCUT2D eigenvalue weighted by molar-refractivity contribution is 7.47. The zero-order valence-corrected chi connectivity index (χ0v) is 12.8. The molecule has 21 heavy (non-hydrogen) atoms. The Morgan fingerprint density at radius 2 is 1.29 bits per heavy atom. The number of ether oxygens (including phenoxy) is 2. The van der Waals surface area contributed by atoms with Gasteiger partial charge in [0, 0.05) is 12.2 Å². The van der Waals surface area contributed by atoms with Gasteiger partial charge in [0.1, 0.15) is 13.2 Å². The summed E-state index contributed by atoms with van der Waals surface area (Å²) in [6.45, 7) is 2.33. The fourth-order valence-corrected chi connectivity index (χ4v) is 1.68. The van der Waals surface area contributed by atoms with E-state index in [1.54, 1.807) is 13.8 Å². The first-order valence-corrected chi connectivity index (χ1v) is 7.61. The minimum absolute atomic E-state index is 0.187. The third-order valence-corrected chi connectivity index (χ3v) is 2.79. The van der Waals surface area contributed by atoms with Gasteiger partial charge < -0.3 is 14.4 Å². The van der Waals surface area contributed by atoms with Gasteiger partial charge >= 0.3 is 19.8 Å². The van der Waals surface area contributed by atoms with E-state index in [4.69, 9.17) is 0 Å². The minimum Gasteiger partial charge on any atom is -0.460 e. The molecule has 8 nitrogen and oxygen atoms in total. The Balaban J connectivity index is 3.76. The second-order valence-electron chi connectivity index (χ2n) is 3.47. The molecule has 0 aliphatic heterocycles. The molecule has 0 unspecified atom stereocenters. The Morgan fingerprint density at radius 3 is 1.62 bits per heavy atom. The van der Waals surface area contributed by atoms with Crippen LogP contribution in [0.1, 0.15) is 13.8 Å². The number of phosphoric ester groups is 1. The third kappa shape index (κ3) is 12.0. The number of allylic oxidation sites excluding steroid dienone is 2. The van der Waals surface area contributed by atoms with Gasteiger partial charge in [-0.1, -0.05) is 12.2 Å². The molecule has 0 atom stereocenters. The van der Waals surface area contributed by atoms with Crippen molar-refractivity contribution in [3.63, 3.8) is 0 Å². The van der Waals surface area contributed by atoms with Crippen LogP contribution < -0.4 is 0 Å². The van der Waals surface area contributed by atoms with Crippen LogP contribution in [0.2, 0.25) is 0 Å². The minimum atomic E-state index is -4.26. The summed E-state index contributed by atoms with van der Waals surface area (Å²) in [6, 6.07) is 0. The van der Waals surface area contributed by atoms with Crippen LogP contribution >= 0.6 is 7.82 Å². The lowest BCUT2D eigenvalue weighted by atomic mass is 10.5. The van der Waals surface area contributed by atoms with Crippen molar-refractivity contribution >= 4 is 19.8 Å². The molecule has 0 aliphatic rings. The zero-order valence-electron chi connectivity index (χ0n) is 11.9. The van der Waals surface area contributed by atoms with Gasteiger partial charge in [0.05, 0.1) is 13.2 Å². The molecule has 0 aliphatic carbocycles. The number of hydrogen-bond acceptors (Lipinski definition) is 7. The van der Waals surface area contributed by atoms with Crippen molar-refractivity contribution in [2.24, 2.45) is 0 Å². The molecule has 0 saturated heterocycles. The Kier molecular flexibility index (Phi) is 10.4. The molecule has 0 fully saturated rings. The molecular weight excluding hydrogens is 303 g/mol. The van der Waals surface area contributed by atoms with Crippen LogP contribution in [0, 0.1) is 0 Å². The van der Waals surface area contributed by atoms with Crippen molar-refractivity contribution in [2.45, 2.75) is 13.8 Å². The first-order valence-electron chi connectivity index (χ1n) is 6.12. The third-order valence-electron chi connectivity index (χ3n) is 1.77. The van der Waals surface area contributed by atoms with Crippen LogP contribution in [0.25, 0.3) is 0 Å². The first-order chi connectivity index (χ1) is 9.91. The quantitative estimate of drug-likeness (QED) is 0.278. The number of hydrogen-bond donors (Lipinski definition) is 1. The predicted octanol–water partition coefficient (Wildman–Crippen LogP) is 1.36. The summed E-state index contributed by atoms with van der Waals surface area (Å²) in [6.07, 6.45) is 5.40. The molecule has 0 heterocycles. The molecule has 0 radical (unpaired) electrons. The molecule has 0 aromatic carbocycles. The maximum Gasteiger partial charge on any atom is 0.472 e. The van der Waals surface area contributed by atoms with Gasteiger partial charge in [-0.3, -0.25) is 9.05 Å². The molecule has 1 N–H and O–H groups in total. The Labute approximate surface area is 122 Å². The Morgan fingerprint density at radius 1 is 0.905 bits per heavy atom. The van der Waals surface area contributed by atoms with Crippen LogP contribution in [0.5, 0.6) is 0 Å². The van der Waals surface area contributed by atoms with E-state index in [-0.39, 0.29) is 26.4 Å². The topological polar surface area (TPSA) is 108 Å². The molecule has 0 amide bonds. The van der Waals surface area contributed by atoms with E-state index in [0.29, 0.717) is 0 Å². The summed E-state index contributed by atoms with van der Waals surface area (Å²) in [5, 5.41) is 0. The summed E-state index contributed by atoms with van der Waals surface area (Å²) < 4.78 is 29.7. The highest BCUT2D eigenvalue weighted by atomic mass is 31.2. The summed E-state index contributed by atoms with van der Waals surface area (Å²) in [7, 11) is -4.26. The van der Waals surface area contributed by atoms with Gasteiger partial charge in [-0.15, -0.1) is 0 Å². The van der Waals surface area contributed by atoms with Gasteiger partial charge in [-0.05, 0) is 13.8 Å². The fourth-order valence-electron chi connectivity index (χ4n) is 0.995. The molecule has 0 aromatic heterocycles. The molecule has 120 valence electrons. The van der Waals surface area contributed by atoms with Crippen molar-refractivity contribution in [1.82, 2.24) is 0 Å². The van der Waals surface area contributed by atoms with E-state index in [1.807, 2.05) is 0 Å². The Hall–Kier alpha value is -1.47. The van der Waals surface area contributed by atoms with Crippen LogP contribution in [-0.2, 0) is 32.7 Å². The summed E-state index contributed by atoms with van der Waals surface area (Å²) in [4.78, 5) is 31.1. The SMILES string of the molecule is C/C=C/C(=O)OCCOP(=O)(O)OCCOC(=O)/C=C/C. The first kappa shape index (κ1) is 19.5. The van der Waals surface area contributed by atoms with Crippen molar-refractivity contribution in [2.75, 3.05) is 26.4 Å². The number of carbonyl (C=O) groups is 2. The second kappa shape index (κ2) is 11.2. The molecule has 0 bridgehead atoms. The van der Waals surface area contributed by atoms with Gasteiger partial charge in [0.15, 0.2) is 0 Å². The van der Waals surface area contributed by atoms with Crippen LogP contribution in [-0.4, -0.2) is 43.3 Å². The van der Waals surface area contributed by atoms with E-state index < -0.39 is 19.8 Å². The normalized spacial score (nSPS) is 12.0. The fraction of sp³-hybridized carbons (Fsp3) is 0.500. The standard InChI is InChI=1S/C12H19O8P/c1-3-5-11(13)17-7-9-19-21(15,16)20-10-8-18-12(14)6-4-2/h3-6H,7-10H2,1-2H3,(H,15,16)/b5-3+,6-4+. The number of rotatable bonds is 10. The van der Waals surface area contributed by atoms with Crippen molar-refractivity contribution in [1.29, 1.82) is 0 Å². The second-order valence-corrected chi connectivity index (χ2v) is 4.92. The smallest absolute Gasteiger partial charge is 0.460 e. The van der Waals surface area contributed by atoms with Crippen molar-refractivity contribution in [3.05, 3.63) is 24.3 Å². The summed E-state index contributed by atoms with van der Waals surface area (Å²) in [5.41, 5.74) is 0. The monoisotopic (exact) mass is 322 g/mol. The molecule has 0 aromatic rings.